The monoisotopic (exact) mass is 600 g/mol. The Bertz CT molecular complexity index is 2760. The van der Waals surface area contributed by atoms with E-state index in [1.165, 1.54) is 0 Å². The zero-order chi connectivity index (χ0) is 31.8. The molecule has 0 radical (unpaired) electrons. The molecule has 0 spiro atoms. The number of hydrogen-bond donors (Lipinski definition) is 0. The minimum Gasteiger partial charge on any atom is -0.460 e. The maximum Gasteiger partial charge on any atom is 0.135 e. The summed E-state index contributed by atoms with van der Waals surface area (Å²) in [4.78, 5) is 0. The average molecular weight is 601 g/mol. The Morgan fingerprint density at radius 1 is 0.489 bits per heavy atom. The smallest absolute Gasteiger partial charge is 0.135 e. The molecule has 0 fully saturated rings. The summed E-state index contributed by atoms with van der Waals surface area (Å²) in [7, 11) is 0. The molecule has 0 unspecified atom stereocenters. The van der Waals surface area contributed by atoms with Crippen LogP contribution >= 0.6 is 0 Å². The molecule has 0 saturated heterocycles. The highest BCUT2D eigenvalue weighted by atomic mass is 16.3. The predicted molar refractivity (Wildman–Crippen MR) is 181 cm³/mol. The molecule has 1 aliphatic carbocycles. The van der Waals surface area contributed by atoms with Crippen LogP contribution in [-0.4, -0.2) is 9.13 Å². The number of nitrogens with zero attached hydrogens (tertiary/aromatic N) is 6. The van der Waals surface area contributed by atoms with Crippen molar-refractivity contribution in [2.75, 3.05) is 0 Å². The number of rotatable bonds is 2. The van der Waals surface area contributed by atoms with Crippen LogP contribution in [0.25, 0.3) is 72.0 Å². The molecule has 0 aliphatic heterocycles. The van der Waals surface area contributed by atoms with Gasteiger partial charge < -0.3 is 13.6 Å². The van der Waals surface area contributed by atoms with Crippen LogP contribution in [0.1, 0.15) is 40.0 Å². The van der Waals surface area contributed by atoms with Gasteiger partial charge in [-0.05, 0) is 79.2 Å². The summed E-state index contributed by atoms with van der Waals surface area (Å²) in [5.74, 6) is 0.901. The van der Waals surface area contributed by atoms with Crippen molar-refractivity contribution in [3.05, 3.63) is 125 Å². The van der Waals surface area contributed by atoms with Crippen LogP contribution in [0.15, 0.2) is 95.4 Å². The van der Waals surface area contributed by atoms with E-state index in [4.69, 9.17) is 4.42 Å². The normalized spacial score (nSPS) is 12.6. The predicted octanol–water partition coefficient (Wildman–Crippen LogP) is 9.07. The lowest BCUT2D eigenvalue weighted by atomic mass is 9.99. The Labute approximate surface area is 267 Å². The third kappa shape index (κ3) is 3.76. The average Bonchev–Trinajstić information content (AvgIpc) is 3.76. The summed E-state index contributed by atoms with van der Waals surface area (Å²) in [5.41, 5.74) is 9.56. The highest BCUT2D eigenvalue weighted by Gasteiger charge is 2.23. The Hall–Kier alpha value is -7.06. The highest BCUT2D eigenvalue weighted by molar-refractivity contribution is 6.12. The van der Waals surface area contributed by atoms with Crippen molar-refractivity contribution >= 4 is 66.4 Å². The van der Waals surface area contributed by atoms with Crippen molar-refractivity contribution in [2.24, 2.45) is 0 Å². The lowest BCUT2D eigenvalue weighted by Gasteiger charge is -2.17. The molecule has 3 heterocycles. The molecule has 0 saturated carbocycles. The van der Waals surface area contributed by atoms with E-state index in [1.54, 1.807) is 0 Å². The first-order valence-electron chi connectivity index (χ1n) is 15.1. The van der Waals surface area contributed by atoms with E-state index in [0.29, 0.717) is 35.1 Å². The third-order valence-corrected chi connectivity index (χ3v) is 9.30. The van der Waals surface area contributed by atoms with Crippen molar-refractivity contribution in [3.8, 4) is 30.0 Å². The molecule has 47 heavy (non-hydrogen) atoms. The van der Waals surface area contributed by atoms with Crippen LogP contribution in [0.3, 0.4) is 0 Å². The maximum absolute atomic E-state index is 9.71. The molecule has 0 atom stereocenters. The van der Waals surface area contributed by atoms with Gasteiger partial charge in [0.05, 0.1) is 68.6 Å². The van der Waals surface area contributed by atoms with Gasteiger partial charge in [-0.2, -0.15) is 21.0 Å². The van der Waals surface area contributed by atoms with Gasteiger partial charge in [-0.15, -0.1) is 0 Å². The number of aromatic nitrogens is 2. The molecule has 0 bridgehead atoms. The molecule has 1 aliphatic rings. The van der Waals surface area contributed by atoms with Gasteiger partial charge in [-0.25, -0.2) is 0 Å². The highest BCUT2D eigenvalue weighted by Crippen LogP contribution is 2.41. The first-order valence-corrected chi connectivity index (χ1v) is 15.1. The lowest BCUT2D eigenvalue weighted by Crippen LogP contribution is -2.03. The van der Waals surface area contributed by atoms with E-state index in [2.05, 4.69) is 45.6 Å². The Morgan fingerprint density at radius 3 is 1.43 bits per heavy atom. The third-order valence-electron chi connectivity index (χ3n) is 9.30. The van der Waals surface area contributed by atoms with Gasteiger partial charge in [-0.3, -0.25) is 0 Å². The number of aryl methyl sites for hydroxylation is 1. The van der Waals surface area contributed by atoms with Gasteiger partial charge in [0, 0.05) is 50.3 Å². The van der Waals surface area contributed by atoms with E-state index in [-0.39, 0.29) is 0 Å². The largest absolute Gasteiger partial charge is 0.460 e. The molecule has 5 aromatic carbocycles. The second-order valence-corrected chi connectivity index (χ2v) is 11.8. The number of allylic oxidation sites excluding steroid dienone is 1. The van der Waals surface area contributed by atoms with Gasteiger partial charge in [0.25, 0.3) is 0 Å². The van der Waals surface area contributed by atoms with Crippen LogP contribution in [0.4, 0.5) is 0 Å². The molecule has 7 heteroatoms. The number of nitriles is 4. The van der Waals surface area contributed by atoms with Crippen LogP contribution in [0, 0.1) is 45.3 Å². The summed E-state index contributed by atoms with van der Waals surface area (Å²) in [5, 5.41) is 43.8. The molecule has 0 amide bonds. The molecule has 0 N–H and O–H groups in total. The summed E-state index contributed by atoms with van der Waals surface area (Å²) in [6.07, 6.45) is 3.57. The van der Waals surface area contributed by atoms with Crippen LogP contribution in [0.2, 0.25) is 0 Å². The van der Waals surface area contributed by atoms with E-state index in [9.17, 15) is 21.0 Å². The molecule has 7 nitrogen and oxygen atoms in total. The topological polar surface area (TPSA) is 118 Å². The van der Waals surface area contributed by atoms with Gasteiger partial charge in [-0.1, -0.05) is 24.3 Å². The Balaban J connectivity index is 1.30. The fourth-order valence-corrected chi connectivity index (χ4v) is 7.20. The standard InChI is InChI=1S/C40H20N6O/c41-19-23-1-7-29-30-8-2-24(20-42)14-36(30)45(35(29)13-23)27-5-11-39-33(17-27)34-18-28(6-12-40(34)47-39)46-37-15-25(21-43)3-9-31(37)32-10-4-26(22-44)16-38(32)46/h1-5,7-11,13-18H,6,12H2. The van der Waals surface area contributed by atoms with Crippen LogP contribution in [0.5, 0.6) is 0 Å². The Morgan fingerprint density at radius 2 is 0.957 bits per heavy atom. The lowest BCUT2D eigenvalue weighted by molar-refractivity contribution is 0.546. The number of fused-ring (bicyclic) bond motifs is 9. The first-order chi connectivity index (χ1) is 23.1. The summed E-state index contributed by atoms with van der Waals surface area (Å²) >= 11 is 0. The summed E-state index contributed by atoms with van der Waals surface area (Å²) in [6, 6.07) is 38.0. The molecule has 3 aromatic heterocycles. The molecular weight excluding hydrogens is 580 g/mol. The second-order valence-electron chi connectivity index (χ2n) is 11.8. The molecule has 216 valence electrons. The van der Waals surface area contributed by atoms with Crippen molar-refractivity contribution < 1.29 is 4.42 Å². The zero-order valence-electron chi connectivity index (χ0n) is 24.7. The van der Waals surface area contributed by atoms with Gasteiger partial charge >= 0.3 is 0 Å². The number of benzene rings is 5. The van der Waals surface area contributed by atoms with E-state index >= 15 is 0 Å². The minimum atomic E-state index is 0.557. The van der Waals surface area contributed by atoms with Crippen LogP contribution in [-0.2, 0) is 6.42 Å². The molecular formula is C40H20N6O. The second kappa shape index (κ2) is 9.72. The fourth-order valence-electron chi connectivity index (χ4n) is 7.20. The van der Waals surface area contributed by atoms with Crippen molar-refractivity contribution in [1.29, 1.82) is 21.0 Å². The fraction of sp³-hybridized carbons (Fsp3) is 0.0500. The molecule has 9 rings (SSSR count). The van der Waals surface area contributed by atoms with E-state index < -0.39 is 0 Å². The molecule has 8 aromatic rings. The number of furan rings is 1. The summed E-state index contributed by atoms with van der Waals surface area (Å²) in [6.45, 7) is 0. The zero-order valence-corrected chi connectivity index (χ0v) is 24.7. The van der Waals surface area contributed by atoms with E-state index in [1.807, 2.05) is 84.9 Å². The van der Waals surface area contributed by atoms with Crippen LogP contribution < -0.4 is 0 Å². The number of hydrogen-bond acceptors (Lipinski definition) is 5. The quantitative estimate of drug-likeness (QED) is 0.196. The van der Waals surface area contributed by atoms with Crippen molar-refractivity contribution in [2.45, 2.75) is 12.8 Å². The van der Waals surface area contributed by atoms with Gasteiger partial charge in [0.15, 0.2) is 0 Å². The Kier molecular flexibility index (Phi) is 5.45. The van der Waals surface area contributed by atoms with Crippen molar-refractivity contribution in [1.82, 2.24) is 9.13 Å². The first kappa shape index (κ1) is 26.4. The minimum absolute atomic E-state index is 0.557. The maximum atomic E-state index is 9.71. The van der Waals surface area contributed by atoms with E-state index in [0.717, 1.165) is 77.3 Å². The van der Waals surface area contributed by atoms with Crippen molar-refractivity contribution in [3.63, 3.8) is 0 Å². The SMILES string of the molecule is N#Cc1ccc2c3ccc(C#N)cc3n(C3=Cc4c(oc5ccc(-n6c7cc(C#N)ccc7c7ccc(C#N)cc76)cc45)CC3)c2c1. The summed E-state index contributed by atoms with van der Waals surface area (Å²) < 4.78 is 10.7. The van der Waals surface area contributed by atoms with Gasteiger partial charge in [0.2, 0.25) is 0 Å². The van der Waals surface area contributed by atoms with Gasteiger partial charge in [0.1, 0.15) is 11.3 Å².